The Morgan fingerprint density at radius 2 is 1.58 bits per heavy atom. The predicted octanol–water partition coefficient (Wildman–Crippen LogP) is 3.60. The first-order chi connectivity index (χ1) is 11.5. The first kappa shape index (κ1) is 16.8. The first-order valence-corrected chi connectivity index (χ1v) is 8.46. The summed E-state index contributed by atoms with van der Waals surface area (Å²) in [6.45, 7) is 5.04. The van der Waals surface area contributed by atoms with Crippen molar-refractivity contribution in [3.63, 3.8) is 0 Å². The number of anilines is 1. The smallest absolute Gasteiger partial charge is 0.325 e. The van der Waals surface area contributed by atoms with Crippen molar-refractivity contribution in [2.75, 3.05) is 31.1 Å². The molecule has 1 aliphatic rings. The maximum Gasteiger partial charge on any atom is 0.325 e. The lowest BCUT2D eigenvalue weighted by atomic mass is 10.0. The molecule has 0 spiro atoms. The van der Waals surface area contributed by atoms with Gasteiger partial charge in [0.05, 0.1) is 0 Å². The number of benzene rings is 2. The molecule has 24 heavy (non-hydrogen) atoms. The molecule has 1 saturated heterocycles. The van der Waals surface area contributed by atoms with E-state index in [2.05, 4.69) is 4.90 Å². The number of aliphatic carboxylic acids is 1. The standard InChI is InChI=1S/C19H21ClN2O2/c1-14-2-4-15(5-3-14)18(19(23)24)22-12-10-21(11-13-22)17-8-6-16(20)7-9-17/h2-9,18H,10-13H2,1H3,(H,23,24)/t18-/m1/s1. The molecule has 4 nitrogen and oxygen atoms in total. The monoisotopic (exact) mass is 344 g/mol. The van der Waals surface area contributed by atoms with E-state index in [0.29, 0.717) is 13.1 Å². The van der Waals surface area contributed by atoms with Gasteiger partial charge in [-0.2, -0.15) is 0 Å². The van der Waals surface area contributed by atoms with Crippen LogP contribution in [0.5, 0.6) is 0 Å². The summed E-state index contributed by atoms with van der Waals surface area (Å²) < 4.78 is 0. The third kappa shape index (κ3) is 3.71. The molecule has 2 aromatic carbocycles. The number of carboxylic acid groups (broad SMARTS) is 1. The molecule has 1 atom stereocenters. The van der Waals surface area contributed by atoms with E-state index in [9.17, 15) is 9.90 Å². The van der Waals surface area contributed by atoms with E-state index in [-0.39, 0.29) is 0 Å². The fourth-order valence-corrected chi connectivity index (χ4v) is 3.27. The Morgan fingerprint density at radius 3 is 2.12 bits per heavy atom. The van der Waals surface area contributed by atoms with Crippen LogP contribution < -0.4 is 4.90 Å². The molecule has 0 aliphatic carbocycles. The Labute approximate surface area is 147 Å². The second kappa shape index (κ2) is 7.24. The third-order valence-electron chi connectivity index (χ3n) is 4.50. The molecule has 126 valence electrons. The minimum atomic E-state index is -0.793. The van der Waals surface area contributed by atoms with Gasteiger partial charge >= 0.3 is 5.97 Å². The number of nitrogens with zero attached hydrogens (tertiary/aromatic N) is 2. The summed E-state index contributed by atoms with van der Waals surface area (Å²) in [6, 6.07) is 15.0. The molecule has 1 N–H and O–H groups in total. The first-order valence-electron chi connectivity index (χ1n) is 8.08. The molecule has 5 heteroatoms. The SMILES string of the molecule is Cc1ccc([C@H](C(=O)O)N2CCN(c3ccc(Cl)cc3)CC2)cc1. The summed E-state index contributed by atoms with van der Waals surface area (Å²) >= 11 is 5.94. The van der Waals surface area contributed by atoms with Crippen LogP contribution in [0.3, 0.4) is 0 Å². The largest absolute Gasteiger partial charge is 0.480 e. The number of carbonyl (C=O) groups is 1. The molecular weight excluding hydrogens is 324 g/mol. The number of rotatable bonds is 4. The number of aryl methyl sites for hydroxylation is 1. The van der Waals surface area contributed by atoms with Crippen LogP contribution in [0.2, 0.25) is 5.02 Å². The highest BCUT2D eigenvalue weighted by Crippen LogP contribution is 2.25. The number of halogens is 1. The molecule has 1 fully saturated rings. The van der Waals surface area contributed by atoms with Crippen molar-refractivity contribution < 1.29 is 9.90 Å². The van der Waals surface area contributed by atoms with E-state index in [0.717, 1.165) is 34.9 Å². The minimum Gasteiger partial charge on any atom is -0.480 e. The van der Waals surface area contributed by atoms with Gasteiger partial charge in [-0.1, -0.05) is 41.4 Å². The Bertz CT molecular complexity index is 692. The molecule has 0 aromatic heterocycles. The highest BCUT2D eigenvalue weighted by Gasteiger charge is 2.30. The summed E-state index contributed by atoms with van der Waals surface area (Å²) in [5, 5.41) is 10.4. The van der Waals surface area contributed by atoms with E-state index in [1.54, 1.807) is 0 Å². The van der Waals surface area contributed by atoms with E-state index in [4.69, 9.17) is 11.6 Å². The van der Waals surface area contributed by atoms with E-state index < -0.39 is 12.0 Å². The Hall–Kier alpha value is -2.04. The van der Waals surface area contributed by atoms with E-state index in [1.807, 2.05) is 60.4 Å². The van der Waals surface area contributed by atoms with Gasteiger partial charge in [-0.15, -0.1) is 0 Å². The van der Waals surface area contributed by atoms with Gasteiger partial charge in [0, 0.05) is 36.9 Å². The zero-order valence-electron chi connectivity index (χ0n) is 13.7. The average Bonchev–Trinajstić information content (AvgIpc) is 2.58. The Morgan fingerprint density at radius 1 is 1.00 bits per heavy atom. The van der Waals surface area contributed by atoms with Crippen LogP contribution in [0.4, 0.5) is 5.69 Å². The quantitative estimate of drug-likeness (QED) is 0.920. The normalized spacial score (nSPS) is 16.8. The van der Waals surface area contributed by atoms with Crippen molar-refractivity contribution in [1.82, 2.24) is 4.90 Å². The number of hydrogen-bond donors (Lipinski definition) is 1. The van der Waals surface area contributed by atoms with Crippen molar-refractivity contribution in [2.45, 2.75) is 13.0 Å². The molecule has 1 aliphatic heterocycles. The van der Waals surface area contributed by atoms with Crippen LogP contribution in [0.25, 0.3) is 0 Å². The van der Waals surface area contributed by atoms with Gasteiger partial charge in [0.15, 0.2) is 0 Å². The molecule has 2 aromatic rings. The molecule has 0 radical (unpaired) electrons. The molecule has 0 unspecified atom stereocenters. The van der Waals surface area contributed by atoms with Crippen LogP contribution in [-0.4, -0.2) is 42.2 Å². The number of hydrogen-bond acceptors (Lipinski definition) is 3. The lowest BCUT2D eigenvalue weighted by Gasteiger charge is -2.39. The molecule has 1 heterocycles. The number of carboxylic acids is 1. The van der Waals surface area contributed by atoms with Crippen LogP contribution in [0.1, 0.15) is 17.2 Å². The van der Waals surface area contributed by atoms with Gasteiger partial charge < -0.3 is 10.0 Å². The van der Waals surface area contributed by atoms with Crippen molar-refractivity contribution in [2.24, 2.45) is 0 Å². The summed E-state index contributed by atoms with van der Waals surface area (Å²) in [5.41, 5.74) is 3.10. The van der Waals surface area contributed by atoms with Crippen LogP contribution in [0, 0.1) is 6.92 Å². The van der Waals surface area contributed by atoms with Gasteiger partial charge in [-0.3, -0.25) is 9.69 Å². The summed E-state index contributed by atoms with van der Waals surface area (Å²) in [5.74, 6) is -0.793. The predicted molar refractivity (Wildman–Crippen MR) is 96.8 cm³/mol. The van der Waals surface area contributed by atoms with Gasteiger partial charge in [-0.25, -0.2) is 0 Å². The Kier molecular flexibility index (Phi) is 5.07. The van der Waals surface area contributed by atoms with Gasteiger partial charge in [0.25, 0.3) is 0 Å². The molecule has 0 saturated carbocycles. The second-order valence-electron chi connectivity index (χ2n) is 6.15. The lowest BCUT2D eigenvalue weighted by Crippen LogP contribution is -2.49. The second-order valence-corrected chi connectivity index (χ2v) is 6.59. The van der Waals surface area contributed by atoms with Gasteiger partial charge in [0.1, 0.15) is 6.04 Å². The Balaban J connectivity index is 1.70. The zero-order chi connectivity index (χ0) is 17.1. The maximum absolute atomic E-state index is 11.8. The van der Waals surface area contributed by atoms with Crippen LogP contribution in [0.15, 0.2) is 48.5 Å². The molecule has 0 bridgehead atoms. The van der Waals surface area contributed by atoms with E-state index in [1.165, 1.54) is 0 Å². The number of piperazine rings is 1. The summed E-state index contributed by atoms with van der Waals surface area (Å²) in [6.07, 6.45) is 0. The highest BCUT2D eigenvalue weighted by atomic mass is 35.5. The van der Waals surface area contributed by atoms with Crippen molar-refractivity contribution >= 4 is 23.3 Å². The molecule has 3 rings (SSSR count). The maximum atomic E-state index is 11.8. The average molecular weight is 345 g/mol. The fourth-order valence-electron chi connectivity index (χ4n) is 3.15. The van der Waals surface area contributed by atoms with Crippen LogP contribution in [-0.2, 0) is 4.79 Å². The third-order valence-corrected chi connectivity index (χ3v) is 4.75. The van der Waals surface area contributed by atoms with E-state index >= 15 is 0 Å². The zero-order valence-corrected chi connectivity index (χ0v) is 14.4. The van der Waals surface area contributed by atoms with Crippen molar-refractivity contribution in [1.29, 1.82) is 0 Å². The summed E-state index contributed by atoms with van der Waals surface area (Å²) in [7, 11) is 0. The van der Waals surface area contributed by atoms with Gasteiger partial charge in [-0.05, 0) is 36.8 Å². The molecule has 0 amide bonds. The van der Waals surface area contributed by atoms with Crippen molar-refractivity contribution in [3.8, 4) is 0 Å². The van der Waals surface area contributed by atoms with Crippen molar-refractivity contribution in [3.05, 3.63) is 64.7 Å². The fraction of sp³-hybridized carbons (Fsp3) is 0.316. The summed E-state index contributed by atoms with van der Waals surface area (Å²) in [4.78, 5) is 16.1. The molecular formula is C19H21ClN2O2. The minimum absolute atomic E-state index is 0.585. The van der Waals surface area contributed by atoms with Crippen LogP contribution >= 0.6 is 11.6 Å². The topological polar surface area (TPSA) is 43.8 Å². The van der Waals surface area contributed by atoms with Gasteiger partial charge in [0.2, 0.25) is 0 Å². The highest BCUT2D eigenvalue weighted by molar-refractivity contribution is 6.30. The lowest BCUT2D eigenvalue weighted by molar-refractivity contribution is -0.143.